The van der Waals surface area contributed by atoms with E-state index in [9.17, 15) is 18.0 Å². The third-order valence-corrected chi connectivity index (χ3v) is 1.99. The van der Waals surface area contributed by atoms with E-state index in [1.807, 2.05) is 0 Å². The van der Waals surface area contributed by atoms with E-state index in [2.05, 4.69) is 9.72 Å². The summed E-state index contributed by atoms with van der Waals surface area (Å²) in [6, 6.07) is 0. The Balaban J connectivity index is 3.36. The average Bonchev–Trinajstić information content (AvgIpc) is 2.17. The molecule has 0 radical (unpaired) electrons. The molecular weight excluding hydrogens is 263 g/mol. The second-order valence-corrected chi connectivity index (χ2v) is 3.28. The summed E-state index contributed by atoms with van der Waals surface area (Å²) in [5, 5.41) is -1.12. The predicted molar refractivity (Wildman–Crippen MR) is 52.4 cm³/mol. The molecule has 0 aliphatic heterocycles. The monoisotopic (exact) mass is 269 g/mol. The van der Waals surface area contributed by atoms with E-state index in [1.165, 1.54) is 14.0 Å². The molecule has 94 valence electrons. The van der Waals surface area contributed by atoms with Gasteiger partial charge in [0, 0.05) is 0 Å². The van der Waals surface area contributed by atoms with Crippen LogP contribution in [-0.2, 0) is 0 Å². The summed E-state index contributed by atoms with van der Waals surface area (Å²) >= 11 is 5.20. The summed E-state index contributed by atoms with van der Waals surface area (Å²) in [6.45, 7) is 1.46. The van der Waals surface area contributed by atoms with E-state index in [-0.39, 0.29) is 11.4 Å². The molecule has 17 heavy (non-hydrogen) atoms. The van der Waals surface area contributed by atoms with Gasteiger partial charge in [0.05, 0.1) is 19.0 Å². The third-order valence-electron chi connectivity index (χ3n) is 1.80. The Morgan fingerprint density at radius 2 is 2.06 bits per heavy atom. The number of hydrogen-bond donors (Lipinski definition) is 0. The zero-order valence-electron chi connectivity index (χ0n) is 8.76. The van der Waals surface area contributed by atoms with Crippen LogP contribution in [0.5, 0.6) is 11.5 Å². The number of aryl methyl sites for hydroxylation is 1. The Labute approximate surface area is 99.3 Å². The zero-order chi connectivity index (χ0) is 13.2. The molecule has 1 rings (SSSR count). The van der Waals surface area contributed by atoms with Gasteiger partial charge >= 0.3 is 6.36 Å². The van der Waals surface area contributed by atoms with Gasteiger partial charge in [-0.2, -0.15) is 0 Å². The van der Waals surface area contributed by atoms with E-state index in [0.717, 1.165) is 6.20 Å². The first kappa shape index (κ1) is 13.6. The van der Waals surface area contributed by atoms with Crippen LogP contribution >= 0.6 is 11.6 Å². The van der Waals surface area contributed by atoms with Gasteiger partial charge in [0.25, 0.3) is 5.24 Å². The number of carbonyl (C=O) groups is 1. The summed E-state index contributed by atoms with van der Waals surface area (Å²) in [5.41, 5.74) is -0.273. The highest BCUT2D eigenvalue weighted by Crippen LogP contribution is 2.34. The Morgan fingerprint density at radius 3 is 2.47 bits per heavy atom. The molecule has 0 atom stereocenters. The van der Waals surface area contributed by atoms with Crippen molar-refractivity contribution in [3.63, 3.8) is 0 Å². The molecule has 0 fully saturated rings. The molecule has 0 aromatic carbocycles. The van der Waals surface area contributed by atoms with Crippen LogP contribution in [0.15, 0.2) is 6.20 Å². The lowest BCUT2D eigenvalue weighted by molar-refractivity contribution is -0.274. The molecule has 0 aliphatic rings. The van der Waals surface area contributed by atoms with E-state index in [1.54, 1.807) is 0 Å². The van der Waals surface area contributed by atoms with Crippen molar-refractivity contribution in [3.8, 4) is 11.5 Å². The van der Waals surface area contributed by atoms with Gasteiger partial charge in [0.2, 0.25) is 0 Å². The third kappa shape index (κ3) is 3.23. The Kier molecular flexibility index (Phi) is 3.82. The predicted octanol–water partition coefficient (Wildman–Crippen LogP) is 2.68. The van der Waals surface area contributed by atoms with Crippen molar-refractivity contribution in [2.75, 3.05) is 7.11 Å². The van der Waals surface area contributed by atoms with Gasteiger partial charge < -0.3 is 9.47 Å². The number of alkyl halides is 3. The molecule has 1 aromatic heterocycles. The minimum absolute atomic E-state index is 0.147. The Hall–Kier alpha value is -1.50. The highest BCUT2D eigenvalue weighted by Gasteiger charge is 2.34. The van der Waals surface area contributed by atoms with Crippen molar-refractivity contribution in [2.24, 2.45) is 0 Å². The number of carbonyl (C=O) groups excluding carboxylic acids is 1. The number of nitrogens with zero attached hydrogens (tertiary/aromatic N) is 1. The highest BCUT2D eigenvalue weighted by molar-refractivity contribution is 6.68. The van der Waals surface area contributed by atoms with Gasteiger partial charge in [0.1, 0.15) is 5.56 Å². The second-order valence-electron chi connectivity index (χ2n) is 2.94. The van der Waals surface area contributed by atoms with Crippen molar-refractivity contribution in [1.82, 2.24) is 4.98 Å². The van der Waals surface area contributed by atoms with Crippen LogP contribution in [0.2, 0.25) is 0 Å². The van der Waals surface area contributed by atoms with Gasteiger partial charge in [-0.05, 0) is 18.5 Å². The summed E-state index contributed by atoms with van der Waals surface area (Å²) in [6.07, 6.45) is -4.18. The molecule has 0 spiro atoms. The minimum Gasteiger partial charge on any atom is -0.494 e. The van der Waals surface area contributed by atoms with Crippen LogP contribution in [0.4, 0.5) is 13.2 Å². The Morgan fingerprint density at radius 1 is 1.47 bits per heavy atom. The van der Waals surface area contributed by atoms with Crippen molar-refractivity contribution in [1.29, 1.82) is 0 Å². The molecule has 4 nitrogen and oxygen atoms in total. The number of ether oxygens (including phenoxy) is 2. The van der Waals surface area contributed by atoms with Gasteiger partial charge in [-0.1, -0.05) is 0 Å². The molecular formula is C9H7ClF3NO3. The fourth-order valence-corrected chi connectivity index (χ4v) is 1.39. The van der Waals surface area contributed by atoms with Crippen LogP contribution in [0.3, 0.4) is 0 Å². The van der Waals surface area contributed by atoms with E-state index >= 15 is 0 Å². The summed E-state index contributed by atoms with van der Waals surface area (Å²) in [4.78, 5) is 14.7. The van der Waals surface area contributed by atoms with Crippen molar-refractivity contribution < 1.29 is 27.4 Å². The maximum absolute atomic E-state index is 12.1. The van der Waals surface area contributed by atoms with Gasteiger partial charge in [-0.3, -0.25) is 9.78 Å². The van der Waals surface area contributed by atoms with Gasteiger partial charge in [-0.15, -0.1) is 13.2 Å². The number of hydrogen-bond acceptors (Lipinski definition) is 4. The molecule has 0 saturated carbocycles. The molecule has 0 amide bonds. The minimum atomic E-state index is -4.94. The lowest BCUT2D eigenvalue weighted by Gasteiger charge is -2.14. The van der Waals surface area contributed by atoms with Crippen molar-refractivity contribution >= 4 is 16.8 Å². The first-order valence-corrected chi connectivity index (χ1v) is 4.63. The molecule has 0 N–H and O–H groups in total. The lowest BCUT2D eigenvalue weighted by Crippen LogP contribution is -2.19. The van der Waals surface area contributed by atoms with Crippen molar-refractivity contribution in [3.05, 3.63) is 17.5 Å². The fourth-order valence-electron chi connectivity index (χ4n) is 1.21. The fraction of sp³-hybridized carbons (Fsp3) is 0.333. The van der Waals surface area contributed by atoms with Crippen molar-refractivity contribution in [2.45, 2.75) is 13.3 Å². The van der Waals surface area contributed by atoms with Crippen LogP contribution in [0.25, 0.3) is 0 Å². The van der Waals surface area contributed by atoms with E-state index in [0.29, 0.717) is 0 Å². The molecule has 0 aliphatic carbocycles. The maximum atomic E-state index is 12.1. The normalized spacial score (nSPS) is 11.2. The SMILES string of the molecule is COc1c(C)ncc(OC(F)(F)F)c1C(=O)Cl. The van der Waals surface area contributed by atoms with Crippen LogP contribution < -0.4 is 9.47 Å². The largest absolute Gasteiger partial charge is 0.573 e. The molecule has 1 aromatic rings. The lowest BCUT2D eigenvalue weighted by atomic mass is 10.2. The van der Waals surface area contributed by atoms with E-state index < -0.39 is 22.9 Å². The van der Waals surface area contributed by atoms with Crippen LogP contribution in [0.1, 0.15) is 16.1 Å². The second kappa shape index (κ2) is 4.79. The smallest absolute Gasteiger partial charge is 0.494 e. The topological polar surface area (TPSA) is 48.4 Å². The highest BCUT2D eigenvalue weighted by atomic mass is 35.5. The maximum Gasteiger partial charge on any atom is 0.573 e. The molecule has 0 saturated heterocycles. The first-order chi connectivity index (χ1) is 7.76. The first-order valence-electron chi connectivity index (χ1n) is 4.25. The van der Waals surface area contributed by atoms with Crippen LogP contribution in [-0.4, -0.2) is 23.7 Å². The summed E-state index contributed by atoms with van der Waals surface area (Å²) in [7, 11) is 1.19. The number of pyridine rings is 1. The van der Waals surface area contributed by atoms with Gasteiger partial charge in [-0.25, -0.2) is 0 Å². The number of methoxy groups -OCH3 is 1. The quantitative estimate of drug-likeness (QED) is 0.792. The zero-order valence-corrected chi connectivity index (χ0v) is 9.52. The average molecular weight is 270 g/mol. The van der Waals surface area contributed by atoms with E-state index in [4.69, 9.17) is 16.3 Å². The number of halogens is 4. The molecule has 8 heteroatoms. The summed E-state index contributed by atoms with van der Waals surface area (Å²) < 4.78 is 44.6. The molecule has 0 unspecified atom stereocenters. The Bertz CT molecular complexity index is 448. The molecule has 0 bridgehead atoms. The number of aromatic nitrogens is 1. The number of rotatable bonds is 3. The molecule has 1 heterocycles. The standard InChI is InChI=1S/C9H7ClF3NO3/c1-4-7(16-2)6(8(10)15)5(3-14-4)17-9(11,12)13/h3H,1-2H3. The van der Waals surface area contributed by atoms with Crippen LogP contribution in [0, 0.1) is 6.92 Å². The van der Waals surface area contributed by atoms with Gasteiger partial charge in [0.15, 0.2) is 11.5 Å². The summed E-state index contributed by atoms with van der Waals surface area (Å²) in [5.74, 6) is -0.938.